The fourth-order valence-corrected chi connectivity index (χ4v) is 2.77. The normalized spacial score (nSPS) is 22.5. The van der Waals surface area contributed by atoms with Crippen LogP contribution in [0.1, 0.15) is 32.6 Å². The number of halogens is 2. The predicted molar refractivity (Wildman–Crippen MR) is 74.9 cm³/mol. The summed E-state index contributed by atoms with van der Waals surface area (Å²) in [5.41, 5.74) is -0.426. The van der Waals surface area contributed by atoms with Crippen molar-refractivity contribution >= 4 is 23.2 Å². The van der Waals surface area contributed by atoms with E-state index in [1.165, 1.54) is 12.1 Å². The Bertz CT molecular complexity index is 473. The van der Waals surface area contributed by atoms with E-state index in [0.717, 1.165) is 32.2 Å². The summed E-state index contributed by atoms with van der Waals surface area (Å²) in [5.74, 6) is -0.754. The lowest BCUT2D eigenvalue weighted by Crippen LogP contribution is -2.50. The summed E-state index contributed by atoms with van der Waals surface area (Å²) in [5, 5.41) is 5.93. The van der Waals surface area contributed by atoms with Gasteiger partial charge in [0.05, 0.1) is 16.2 Å². The number of carbonyl (C=O) groups is 1. The lowest BCUT2D eigenvalue weighted by molar-refractivity contribution is -0.122. The number of hydrogen-bond donors (Lipinski definition) is 2. The van der Waals surface area contributed by atoms with Crippen molar-refractivity contribution in [3.8, 4) is 0 Å². The van der Waals surface area contributed by atoms with Crippen LogP contribution in [0, 0.1) is 5.82 Å². The largest absolute Gasteiger partial charge is 0.322 e. The second-order valence-corrected chi connectivity index (χ2v) is 5.33. The van der Waals surface area contributed by atoms with Crippen molar-refractivity contribution in [2.75, 3.05) is 11.9 Å². The fourth-order valence-electron chi connectivity index (χ4n) is 2.60. The van der Waals surface area contributed by atoms with Crippen LogP contribution in [0.3, 0.4) is 0 Å². The molecule has 2 rings (SSSR count). The van der Waals surface area contributed by atoms with Gasteiger partial charge in [-0.3, -0.25) is 4.79 Å². The molecule has 5 heteroatoms. The molecule has 104 valence electrons. The van der Waals surface area contributed by atoms with Gasteiger partial charge in [-0.25, -0.2) is 4.39 Å². The molecule has 0 spiro atoms. The first-order chi connectivity index (χ1) is 9.09. The summed E-state index contributed by atoms with van der Waals surface area (Å²) in [6, 6.07) is 4.60. The number of amides is 1. The van der Waals surface area contributed by atoms with Gasteiger partial charge < -0.3 is 10.6 Å². The van der Waals surface area contributed by atoms with Crippen LogP contribution in [0.15, 0.2) is 18.2 Å². The second kappa shape index (κ2) is 5.88. The molecule has 0 aliphatic carbocycles. The molecule has 1 heterocycles. The first-order valence-electron chi connectivity index (χ1n) is 6.59. The zero-order valence-electron chi connectivity index (χ0n) is 10.9. The molecule has 1 aliphatic rings. The summed E-state index contributed by atoms with van der Waals surface area (Å²) in [6.07, 6.45) is 3.40. The number of anilines is 1. The van der Waals surface area contributed by atoms with Gasteiger partial charge in [0, 0.05) is 0 Å². The minimum Gasteiger partial charge on any atom is -0.322 e. The van der Waals surface area contributed by atoms with E-state index in [1.54, 1.807) is 6.07 Å². The van der Waals surface area contributed by atoms with Crippen LogP contribution in [-0.2, 0) is 4.79 Å². The van der Waals surface area contributed by atoms with Crippen molar-refractivity contribution in [2.24, 2.45) is 0 Å². The van der Waals surface area contributed by atoms with Crippen LogP contribution in [0.5, 0.6) is 0 Å². The number of rotatable bonds is 4. The van der Waals surface area contributed by atoms with E-state index in [4.69, 9.17) is 11.6 Å². The molecule has 3 nitrogen and oxygen atoms in total. The van der Waals surface area contributed by atoms with Crippen molar-refractivity contribution in [3.63, 3.8) is 0 Å². The molecule has 1 aromatic rings. The Kier molecular flexibility index (Phi) is 4.42. The maximum atomic E-state index is 13.8. The van der Waals surface area contributed by atoms with E-state index in [9.17, 15) is 9.18 Å². The van der Waals surface area contributed by atoms with Gasteiger partial charge in [-0.15, -0.1) is 0 Å². The number of hydrogen-bond acceptors (Lipinski definition) is 2. The molecule has 1 aromatic carbocycles. The SMILES string of the molecule is CCCC1(C(=O)Nc2cccc(Cl)c2F)CCCN1. The molecule has 0 bridgehead atoms. The monoisotopic (exact) mass is 284 g/mol. The van der Waals surface area contributed by atoms with Crippen molar-refractivity contribution in [1.29, 1.82) is 0 Å². The minimum absolute atomic E-state index is 0.0155. The van der Waals surface area contributed by atoms with E-state index in [0.29, 0.717) is 0 Å². The Morgan fingerprint density at radius 3 is 3.00 bits per heavy atom. The quantitative estimate of drug-likeness (QED) is 0.890. The van der Waals surface area contributed by atoms with Crippen LogP contribution in [-0.4, -0.2) is 18.0 Å². The first-order valence-corrected chi connectivity index (χ1v) is 6.97. The maximum Gasteiger partial charge on any atom is 0.244 e. The summed E-state index contributed by atoms with van der Waals surface area (Å²) < 4.78 is 13.8. The van der Waals surface area contributed by atoms with Gasteiger partial charge in [-0.1, -0.05) is 31.0 Å². The van der Waals surface area contributed by atoms with Gasteiger partial charge >= 0.3 is 0 Å². The third-order valence-corrected chi connectivity index (χ3v) is 3.85. The molecule has 1 fully saturated rings. The Morgan fingerprint density at radius 1 is 1.58 bits per heavy atom. The molecule has 1 aliphatic heterocycles. The highest BCUT2D eigenvalue weighted by Crippen LogP contribution is 2.28. The molecule has 19 heavy (non-hydrogen) atoms. The predicted octanol–water partition coefficient (Wildman–Crippen LogP) is 3.34. The van der Waals surface area contributed by atoms with Gasteiger partial charge in [-0.2, -0.15) is 0 Å². The Labute approximate surface area is 117 Å². The van der Waals surface area contributed by atoms with E-state index >= 15 is 0 Å². The Morgan fingerprint density at radius 2 is 2.37 bits per heavy atom. The lowest BCUT2D eigenvalue weighted by atomic mass is 9.91. The van der Waals surface area contributed by atoms with Gasteiger partial charge in [0.15, 0.2) is 5.82 Å². The molecule has 1 atom stereocenters. The standard InChI is InChI=1S/C14H18ClFN2O/c1-2-7-14(8-4-9-17-14)13(19)18-11-6-3-5-10(15)12(11)16/h3,5-6,17H,2,4,7-9H2,1H3,(H,18,19). The van der Waals surface area contributed by atoms with Crippen LogP contribution in [0.25, 0.3) is 0 Å². The smallest absolute Gasteiger partial charge is 0.244 e. The molecule has 0 aromatic heterocycles. The zero-order valence-corrected chi connectivity index (χ0v) is 11.7. The molecular formula is C14H18ClFN2O. The molecule has 2 N–H and O–H groups in total. The maximum absolute atomic E-state index is 13.8. The average molecular weight is 285 g/mol. The number of carbonyl (C=O) groups excluding carboxylic acids is 1. The summed E-state index contributed by atoms with van der Waals surface area (Å²) in [7, 11) is 0. The van der Waals surface area contributed by atoms with E-state index in [2.05, 4.69) is 10.6 Å². The van der Waals surface area contributed by atoms with Crippen LogP contribution in [0.2, 0.25) is 5.02 Å². The second-order valence-electron chi connectivity index (χ2n) is 4.92. The number of nitrogens with one attached hydrogen (secondary N) is 2. The van der Waals surface area contributed by atoms with Gasteiger partial charge in [-0.05, 0) is 37.9 Å². The highest BCUT2D eigenvalue weighted by molar-refractivity contribution is 6.31. The molecule has 1 amide bonds. The Balaban J connectivity index is 2.17. The molecular weight excluding hydrogens is 267 g/mol. The van der Waals surface area contributed by atoms with Crippen molar-refractivity contribution in [1.82, 2.24) is 5.32 Å². The van der Waals surface area contributed by atoms with Gasteiger partial charge in [0.1, 0.15) is 0 Å². The van der Waals surface area contributed by atoms with Crippen LogP contribution >= 0.6 is 11.6 Å². The summed E-state index contributed by atoms with van der Waals surface area (Å²) in [6.45, 7) is 2.86. The first kappa shape index (κ1) is 14.3. The fraction of sp³-hybridized carbons (Fsp3) is 0.500. The van der Waals surface area contributed by atoms with Gasteiger partial charge in [0.25, 0.3) is 0 Å². The van der Waals surface area contributed by atoms with E-state index < -0.39 is 11.4 Å². The third kappa shape index (κ3) is 2.90. The summed E-state index contributed by atoms with van der Waals surface area (Å²) >= 11 is 5.71. The zero-order chi connectivity index (χ0) is 13.9. The van der Waals surface area contributed by atoms with Crippen molar-refractivity contribution in [2.45, 2.75) is 38.1 Å². The lowest BCUT2D eigenvalue weighted by Gasteiger charge is -2.28. The highest BCUT2D eigenvalue weighted by Gasteiger charge is 2.40. The van der Waals surface area contributed by atoms with E-state index in [1.807, 2.05) is 6.92 Å². The molecule has 0 saturated carbocycles. The topological polar surface area (TPSA) is 41.1 Å². The average Bonchev–Trinajstić information content (AvgIpc) is 2.85. The van der Waals surface area contributed by atoms with Crippen LogP contribution < -0.4 is 10.6 Å². The molecule has 0 radical (unpaired) electrons. The van der Waals surface area contributed by atoms with Gasteiger partial charge in [0.2, 0.25) is 5.91 Å². The van der Waals surface area contributed by atoms with Crippen molar-refractivity contribution in [3.05, 3.63) is 29.0 Å². The Hall–Kier alpha value is -1.13. The van der Waals surface area contributed by atoms with E-state index in [-0.39, 0.29) is 16.6 Å². The molecule has 1 unspecified atom stereocenters. The van der Waals surface area contributed by atoms with Crippen molar-refractivity contribution < 1.29 is 9.18 Å². The number of benzene rings is 1. The minimum atomic E-state index is -0.581. The third-order valence-electron chi connectivity index (χ3n) is 3.55. The molecule has 1 saturated heterocycles. The van der Waals surface area contributed by atoms with Crippen LogP contribution in [0.4, 0.5) is 10.1 Å². The highest BCUT2D eigenvalue weighted by atomic mass is 35.5. The summed E-state index contributed by atoms with van der Waals surface area (Å²) in [4.78, 5) is 12.4.